The lowest BCUT2D eigenvalue weighted by Gasteiger charge is -2.28. The van der Waals surface area contributed by atoms with Crippen molar-refractivity contribution in [3.05, 3.63) is 0 Å². The van der Waals surface area contributed by atoms with Crippen LogP contribution in [-0.2, 0) is 19.1 Å². The molecule has 0 aromatic rings. The largest absolute Gasteiger partial charge is 0.461 e. The fraction of sp³-hybridized carbons (Fsp3) is 0.786. The minimum atomic E-state index is -0.667. The molecule has 2 atom stereocenters. The first-order valence-electron chi connectivity index (χ1n) is 6.89. The maximum atomic E-state index is 12.2. The molecule has 0 bridgehead atoms. The summed E-state index contributed by atoms with van der Waals surface area (Å²) in [6.07, 6.45) is -0.767. The van der Waals surface area contributed by atoms with E-state index in [1.54, 1.807) is 34.9 Å². The molecule has 1 heterocycles. The molecule has 0 aliphatic carbocycles. The van der Waals surface area contributed by atoms with E-state index >= 15 is 0 Å². The second-order valence-corrected chi connectivity index (χ2v) is 6.35. The summed E-state index contributed by atoms with van der Waals surface area (Å²) >= 11 is 0. The van der Waals surface area contributed by atoms with E-state index < -0.39 is 29.8 Å². The maximum absolute atomic E-state index is 12.2. The number of hydrogen-bond acceptors (Lipinski definition) is 5. The van der Waals surface area contributed by atoms with Crippen molar-refractivity contribution >= 4 is 18.0 Å². The molecule has 0 spiro atoms. The van der Waals surface area contributed by atoms with Crippen molar-refractivity contribution in [3.63, 3.8) is 0 Å². The van der Waals surface area contributed by atoms with Gasteiger partial charge >= 0.3 is 12.1 Å². The Morgan fingerprint density at radius 2 is 1.76 bits per heavy atom. The van der Waals surface area contributed by atoms with Gasteiger partial charge in [0.15, 0.2) is 0 Å². The normalized spacial score (nSPS) is 21.9. The highest BCUT2D eigenvalue weighted by atomic mass is 16.6. The van der Waals surface area contributed by atoms with Crippen LogP contribution >= 0.6 is 0 Å². The van der Waals surface area contributed by atoms with Crippen molar-refractivity contribution in [2.45, 2.75) is 51.9 Å². The van der Waals surface area contributed by atoms with Crippen LogP contribution in [0, 0.1) is 0 Å². The van der Waals surface area contributed by atoms with Crippen LogP contribution in [0.3, 0.4) is 0 Å². The molecule has 0 aromatic heterocycles. The molecule has 1 fully saturated rings. The third-order valence-corrected chi connectivity index (χ3v) is 2.95. The summed E-state index contributed by atoms with van der Waals surface area (Å²) in [5, 5.41) is 0. The Morgan fingerprint density at radius 1 is 1.19 bits per heavy atom. The average Bonchev–Trinajstić information content (AvgIpc) is 2.68. The summed E-state index contributed by atoms with van der Waals surface area (Å²) in [5.74, 6) is -0.641. The molecule has 0 unspecified atom stereocenters. The highest BCUT2D eigenvalue weighted by molar-refractivity contribution is 5.86. The molecule has 7 nitrogen and oxygen atoms in total. The zero-order chi connectivity index (χ0) is 16.4. The van der Waals surface area contributed by atoms with E-state index in [4.69, 9.17) is 9.47 Å². The van der Waals surface area contributed by atoms with E-state index in [1.807, 2.05) is 0 Å². The fourth-order valence-corrected chi connectivity index (χ4v) is 2.17. The van der Waals surface area contributed by atoms with Crippen molar-refractivity contribution in [2.24, 2.45) is 0 Å². The lowest BCUT2D eigenvalue weighted by atomic mass is 10.2. The second-order valence-electron chi connectivity index (χ2n) is 6.35. The van der Waals surface area contributed by atoms with E-state index in [0.29, 0.717) is 0 Å². The van der Waals surface area contributed by atoms with Gasteiger partial charge < -0.3 is 14.4 Å². The summed E-state index contributed by atoms with van der Waals surface area (Å²) in [5.41, 5.74) is -0.650. The Morgan fingerprint density at radius 3 is 2.19 bits per heavy atom. The monoisotopic (exact) mass is 300 g/mol. The minimum absolute atomic E-state index is 0.165. The van der Waals surface area contributed by atoms with Crippen LogP contribution < -0.4 is 0 Å². The van der Waals surface area contributed by atoms with E-state index in [1.165, 1.54) is 16.7 Å². The Labute approximate surface area is 125 Å². The predicted octanol–water partition coefficient (Wildman–Crippen LogP) is 1.02. The molecular weight excluding hydrogens is 276 g/mol. The quantitative estimate of drug-likeness (QED) is 0.712. The third-order valence-electron chi connectivity index (χ3n) is 2.95. The minimum Gasteiger partial charge on any atom is -0.461 e. The second kappa shape index (κ2) is 6.32. The molecule has 0 saturated carbocycles. The van der Waals surface area contributed by atoms with Crippen LogP contribution in [0.4, 0.5) is 4.79 Å². The zero-order valence-corrected chi connectivity index (χ0v) is 13.5. The summed E-state index contributed by atoms with van der Waals surface area (Å²) in [6.45, 7) is 6.74. The first-order valence-corrected chi connectivity index (χ1v) is 6.89. The highest BCUT2D eigenvalue weighted by Crippen LogP contribution is 2.24. The van der Waals surface area contributed by atoms with E-state index in [9.17, 15) is 14.4 Å². The van der Waals surface area contributed by atoms with Crippen molar-refractivity contribution in [2.75, 3.05) is 20.6 Å². The molecule has 1 saturated heterocycles. The Kier molecular flexibility index (Phi) is 5.20. The van der Waals surface area contributed by atoms with Gasteiger partial charge in [0.25, 0.3) is 0 Å². The van der Waals surface area contributed by atoms with Crippen molar-refractivity contribution < 1.29 is 23.9 Å². The SMILES string of the molecule is CC(=O)O[C@@H]1C[C@@H](C(=O)N(C)C)N(C(=O)OC(C)(C)C)C1. The van der Waals surface area contributed by atoms with Crippen LogP contribution in [0.25, 0.3) is 0 Å². The van der Waals surface area contributed by atoms with Crippen LogP contribution in [0.5, 0.6) is 0 Å². The van der Waals surface area contributed by atoms with Gasteiger partial charge in [0.2, 0.25) is 5.91 Å². The first kappa shape index (κ1) is 17.3. The van der Waals surface area contributed by atoms with Gasteiger partial charge in [0.05, 0.1) is 6.54 Å². The predicted molar refractivity (Wildman–Crippen MR) is 75.6 cm³/mol. The van der Waals surface area contributed by atoms with Crippen molar-refractivity contribution in [1.29, 1.82) is 0 Å². The molecule has 2 amide bonds. The number of ether oxygens (including phenoxy) is 2. The van der Waals surface area contributed by atoms with Gasteiger partial charge in [0, 0.05) is 27.4 Å². The van der Waals surface area contributed by atoms with Crippen molar-refractivity contribution in [1.82, 2.24) is 9.80 Å². The summed E-state index contributed by atoms with van der Waals surface area (Å²) in [7, 11) is 3.24. The standard InChI is InChI=1S/C14H24N2O5/c1-9(17)20-10-7-11(12(18)15(5)6)16(8-10)13(19)21-14(2,3)4/h10-11H,7-8H2,1-6H3/t10-,11+/m1/s1. The molecule has 21 heavy (non-hydrogen) atoms. The Balaban J connectivity index is 2.88. The third kappa shape index (κ3) is 4.91. The van der Waals surface area contributed by atoms with Crippen LogP contribution in [0.15, 0.2) is 0 Å². The number of nitrogens with zero attached hydrogens (tertiary/aromatic N) is 2. The molecule has 0 radical (unpaired) electrons. The molecule has 1 aliphatic rings. The molecule has 1 aliphatic heterocycles. The van der Waals surface area contributed by atoms with Gasteiger partial charge in [-0.05, 0) is 20.8 Å². The maximum Gasteiger partial charge on any atom is 0.411 e. The summed E-state index contributed by atoms with van der Waals surface area (Å²) < 4.78 is 10.4. The Hall–Kier alpha value is -1.79. The number of amides is 2. The number of hydrogen-bond donors (Lipinski definition) is 0. The molecule has 120 valence electrons. The van der Waals surface area contributed by atoms with Crippen LogP contribution in [-0.4, -0.2) is 66.2 Å². The number of likely N-dealkylation sites (N-methyl/N-ethyl adjacent to an activating group) is 1. The molecule has 0 aromatic carbocycles. The van der Waals surface area contributed by atoms with Crippen LogP contribution in [0.2, 0.25) is 0 Å². The van der Waals surface area contributed by atoms with Gasteiger partial charge in [-0.15, -0.1) is 0 Å². The number of likely N-dealkylation sites (tertiary alicyclic amines) is 1. The fourth-order valence-electron chi connectivity index (χ4n) is 2.17. The lowest BCUT2D eigenvalue weighted by molar-refractivity contribution is -0.146. The number of esters is 1. The van der Waals surface area contributed by atoms with Gasteiger partial charge in [-0.3, -0.25) is 14.5 Å². The average molecular weight is 300 g/mol. The van der Waals surface area contributed by atoms with Gasteiger partial charge in [-0.1, -0.05) is 0 Å². The van der Waals surface area contributed by atoms with Gasteiger partial charge in [-0.2, -0.15) is 0 Å². The van der Waals surface area contributed by atoms with E-state index in [-0.39, 0.29) is 18.9 Å². The molecule has 0 N–H and O–H groups in total. The first-order chi connectivity index (χ1) is 9.51. The van der Waals surface area contributed by atoms with Crippen molar-refractivity contribution in [3.8, 4) is 0 Å². The Bertz CT molecular complexity index is 428. The van der Waals surface area contributed by atoms with Gasteiger partial charge in [0.1, 0.15) is 17.7 Å². The smallest absolute Gasteiger partial charge is 0.411 e. The van der Waals surface area contributed by atoms with E-state index in [2.05, 4.69) is 0 Å². The highest BCUT2D eigenvalue weighted by Gasteiger charge is 2.43. The lowest BCUT2D eigenvalue weighted by Crippen LogP contribution is -2.47. The number of carbonyl (C=O) groups is 3. The molecule has 1 rings (SSSR count). The number of rotatable bonds is 2. The van der Waals surface area contributed by atoms with E-state index in [0.717, 1.165) is 0 Å². The molecule has 7 heteroatoms. The van der Waals surface area contributed by atoms with Gasteiger partial charge in [-0.25, -0.2) is 4.79 Å². The molecular formula is C14H24N2O5. The zero-order valence-electron chi connectivity index (χ0n) is 13.5. The topological polar surface area (TPSA) is 76.2 Å². The summed E-state index contributed by atoms with van der Waals surface area (Å²) in [6, 6.07) is -0.667. The van der Waals surface area contributed by atoms with Crippen LogP contribution in [0.1, 0.15) is 34.1 Å². The number of carbonyl (C=O) groups excluding carboxylic acids is 3. The summed E-state index contributed by atoms with van der Waals surface area (Å²) in [4.78, 5) is 38.2.